The zero-order chi connectivity index (χ0) is 20.4. The second-order valence-electron chi connectivity index (χ2n) is 6.96. The number of nitrogens with one attached hydrogen (secondary N) is 1. The van der Waals surface area contributed by atoms with E-state index in [1.165, 1.54) is 13.8 Å². The number of carbonyl (C=O) groups excluding carboxylic acids is 3. The summed E-state index contributed by atoms with van der Waals surface area (Å²) >= 11 is 0. The summed E-state index contributed by atoms with van der Waals surface area (Å²) in [7, 11) is 0. The normalized spacial score (nSPS) is 22.0. The fourth-order valence-corrected chi connectivity index (χ4v) is 2.13. The lowest BCUT2D eigenvalue weighted by Gasteiger charge is -2.31. The van der Waals surface area contributed by atoms with Crippen LogP contribution in [0.15, 0.2) is 12.2 Å². The van der Waals surface area contributed by atoms with Crippen molar-refractivity contribution >= 4 is 18.0 Å². The molecule has 0 aromatic rings. The summed E-state index contributed by atoms with van der Waals surface area (Å²) in [4.78, 5) is 33.7. The van der Waals surface area contributed by atoms with Gasteiger partial charge in [-0.15, -0.1) is 0 Å². The molecular formula is C18H29NO8. The van der Waals surface area contributed by atoms with Crippen LogP contribution < -0.4 is 5.32 Å². The van der Waals surface area contributed by atoms with E-state index >= 15 is 0 Å². The predicted molar refractivity (Wildman–Crippen MR) is 94.8 cm³/mol. The van der Waals surface area contributed by atoms with Crippen LogP contribution in [0.3, 0.4) is 0 Å². The smallest absolute Gasteiger partial charge is 0.407 e. The molecule has 9 nitrogen and oxygen atoms in total. The number of amides is 1. The molecule has 0 fully saturated rings. The van der Waals surface area contributed by atoms with Crippen LogP contribution in [-0.4, -0.2) is 61.9 Å². The first kappa shape index (κ1) is 22.9. The Morgan fingerprint density at radius 3 is 2.41 bits per heavy atom. The number of carbonyl (C=O) groups is 3. The molecule has 1 N–H and O–H groups in total. The van der Waals surface area contributed by atoms with E-state index in [0.717, 1.165) is 0 Å². The van der Waals surface area contributed by atoms with E-state index in [2.05, 4.69) is 5.32 Å². The fraction of sp³-hybridized carbons (Fsp3) is 0.722. The molecule has 1 rings (SSSR count). The Morgan fingerprint density at radius 1 is 1.11 bits per heavy atom. The van der Waals surface area contributed by atoms with Crippen molar-refractivity contribution in [1.82, 2.24) is 5.32 Å². The Bertz CT molecular complexity index is 540. The zero-order valence-corrected chi connectivity index (χ0v) is 16.5. The van der Waals surface area contributed by atoms with Crippen LogP contribution in [0.2, 0.25) is 0 Å². The van der Waals surface area contributed by atoms with Crippen molar-refractivity contribution in [3.05, 3.63) is 12.2 Å². The highest BCUT2D eigenvalue weighted by Gasteiger charge is 2.31. The highest BCUT2D eigenvalue weighted by atomic mass is 16.7. The number of alkyl carbamates (subject to hydrolysis) is 1. The summed E-state index contributed by atoms with van der Waals surface area (Å²) in [5.74, 6) is -0.922. The maximum Gasteiger partial charge on any atom is 0.407 e. The van der Waals surface area contributed by atoms with Crippen molar-refractivity contribution in [3.8, 4) is 0 Å². The Balaban J connectivity index is 2.37. The zero-order valence-electron chi connectivity index (χ0n) is 16.5. The van der Waals surface area contributed by atoms with Crippen LogP contribution in [-0.2, 0) is 33.3 Å². The molecule has 3 atom stereocenters. The summed E-state index contributed by atoms with van der Waals surface area (Å²) in [6.07, 6.45) is 1.35. The lowest BCUT2D eigenvalue weighted by Crippen LogP contribution is -2.42. The molecule has 154 valence electrons. The van der Waals surface area contributed by atoms with Gasteiger partial charge in [0.05, 0.1) is 6.61 Å². The molecule has 0 saturated carbocycles. The molecular weight excluding hydrogens is 358 g/mol. The molecule has 1 heterocycles. The van der Waals surface area contributed by atoms with Crippen LogP contribution in [0.1, 0.15) is 41.0 Å². The third-order valence-electron chi connectivity index (χ3n) is 3.16. The molecule has 0 aromatic heterocycles. The van der Waals surface area contributed by atoms with Gasteiger partial charge in [0.15, 0.2) is 6.29 Å². The van der Waals surface area contributed by atoms with Crippen LogP contribution in [0.4, 0.5) is 4.79 Å². The molecule has 0 saturated heterocycles. The summed E-state index contributed by atoms with van der Waals surface area (Å²) in [6, 6.07) is 0. The van der Waals surface area contributed by atoms with Gasteiger partial charge >= 0.3 is 18.0 Å². The third kappa shape index (κ3) is 10.6. The van der Waals surface area contributed by atoms with Crippen molar-refractivity contribution in [2.45, 2.75) is 65.1 Å². The number of esters is 2. The lowest BCUT2D eigenvalue weighted by molar-refractivity contribution is -0.197. The maximum atomic E-state index is 11.5. The third-order valence-corrected chi connectivity index (χ3v) is 3.16. The highest BCUT2D eigenvalue weighted by Crippen LogP contribution is 2.18. The van der Waals surface area contributed by atoms with Crippen LogP contribution in [0, 0.1) is 0 Å². The van der Waals surface area contributed by atoms with E-state index in [4.69, 9.17) is 23.7 Å². The van der Waals surface area contributed by atoms with Gasteiger partial charge in [-0.2, -0.15) is 0 Å². The standard InChI is InChI=1S/C18H29NO8/c1-12(20)24-11-15-14(25-13(2)21)7-8-16(26-15)23-10-6-9-19-17(22)27-18(3,4)5/h7-8,14-16H,6,9-11H2,1-5H3,(H,19,22)/t14-,15+,16?/m0/s1. The predicted octanol–water partition coefficient (Wildman–Crippen LogP) is 1.69. The van der Waals surface area contributed by atoms with Crippen molar-refractivity contribution in [3.63, 3.8) is 0 Å². The van der Waals surface area contributed by atoms with Gasteiger partial charge in [-0.3, -0.25) is 9.59 Å². The first-order valence-corrected chi connectivity index (χ1v) is 8.79. The van der Waals surface area contributed by atoms with Crippen LogP contribution >= 0.6 is 0 Å². The summed E-state index contributed by atoms with van der Waals surface area (Å²) in [5, 5.41) is 2.63. The second kappa shape index (κ2) is 10.9. The average Bonchev–Trinajstić information content (AvgIpc) is 2.52. The molecule has 1 unspecified atom stereocenters. The van der Waals surface area contributed by atoms with Gasteiger partial charge < -0.3 is 29.0 Å². The van der Waals surface area contributed by atoms with Crippen LogP contribution in [0.5, 0.6) is 0 Å². The largest absolute Gasteiger partial charge is 0.463 e. The minimum Gasteiger partial charge on any atom is -0.463 e. The number of hydrogen-bond donors (Lipinski definition) is 1. The Labute approximate surface area is 159 Å². The molecule has 1 amide bonds. The van der Waals surface area contributed by atoms with Crippen molar-refractivity contribution < 1.29 is 38.1 Å². The Kier molecular flexibility index (Phi) is 9.23. The van der Waals surface area contributed by atoms with E-state index in [-0.39, 0.29) is 6.61 Å². The topological polar surface area (TPSA) is 109 Å². The van der Waals surface area contributed by atoms with Crippen molar-refractivity contribution in [2.75, 3.05) is 19.8 Å². The first-order chi connectivity index (χ1) is 12.6. The van der Waals surface area contributed by atoms with E-state index in [0.29, 0.717) is 19.6 Å². The van der Waals surface area contributed by atoms with Gasteiger partial charge in [-0.25, -0.2) is 4.79 Å². The summed E-state index contributed by atoms with van der Waals surface area (Å²) < 4.78 is 26.4. The van der Waals surface area contributed by atoms with Crippen LogP contribution in [0.25, 0.3) is 0 Å². The van der Waals surface area contributed by atoms with Gasteiger partial charge in [-0.1, -0.05) is 0 Å². The van der Waals surface area contributed by atoms with Gasteiger partial charge in [0.1, 0.15) is 24.4 Å². The summed E-state index contributed by atoms with van der Waals surface area (Å²) in [5.41, 5.74) is -0.545. The molecule has 27 heavy (non-hydrogen) atoms. The van der Waals surface area contributed by atoms with Gasteiger partial charge in [-0.05, 0) is 39.3 Å². The minimum absolute atomic E-state index is 0.0579. The van der Waals surface area contributed by atoms with Crippen molar-refractivity contribution in [1.29, 1.82) is 0 Å². The average molecular weight is 387 g/mol. The van der Waals surface area contributed by atoms with Crippen molar-refractivity contribution in [2.24, 2.45) is 0 Å². The Morgan fingerprint density at radius 2 is 1.81 bits per heavy atom. The van der Waals surface area contributed by atoms with Gasteiger partial charge in [0, 0.05) is 20.4 Å². The Hall–Kier alpha value is -2.13. The number of hydrogen-bond acceptors (Lipinski definition) is 8. The molecule has 0 aliphatic carbocycles. The number of ether oxygens (including phenoxy) is 5. The van der Waals surface area contributed by atoms with E-state index in [1.54, 1.807) is 32.9 Å². The molecule has 0 aromatic carbocycles. The van der Waals surface area contributed by atoms with E-state index in [1.807, 2.05) is 0 Å². The second-order valence-corrected chi connectivity index (χ2v) is 6.96. The monoisotopic (exact) mass is 387 g/mol. The van der Waals surface area contributed by atoms with Gasteiger partial charge in [0.25, 0.3) is 0 Å². The molecule has 0 radical (unpaired) electrons. The molecule has 0 spiro atoms. The SMILES string of the molecule is CC(=O)OC[C@H]1OC(OCCCNC(=O)OC(C)(C)C)C=C[C@@H]1OC(C)=O. The molecule has 1 aliphatic rings. The molecule has 0 bridgehead atoms. The molecule has 1 aliphatic heterocycles. The lowest BCUT2D eigenvalue weighted by atomic mass is 10.1. The quantitative estimate of drug-likeness (QED) is 0.290. The maximum absolute atomic E-state index is 11.5. The first-order valence-electron chi connectivity index (χ1n) is 8.79. The van der Waals surface area contributed by atoms with E-state index < -0.39 is 42.1 Å². The number of rotatable bonds is 8. The minimum atomic E-state index is -0.668. The van der Waals surface area contributed by atoms with Gasteiger partial charge in [0.2, 0.25) is 0 Å². The summed E-state index contributed by atoms with van der Waals surface area (Å²) in [6.45, 7) is 8.59. The van der Waals surface area contributed by atoms with E-state index in [9.17, 15) is 14.4 Å². The molecule has 9 heteroatoms. The highest BCUT2D eigenvalue weighted by molar-refractivity contribution is 5.67. The fourth-order valence-electron chi connectivity index (χ4n) is 2.13.